The van der Waals surface area contributed by atoms with Crippen molar-refractivity contribution in [2.24, 2.45) is 5.73 Å². The molecule has 0 spiro atoms. The molecular weight excluding hydrogens is 356 g/mol. The number of nitrogens with one attached hydrogen (secondary N) is 2. The zero-order chi connectivity index (χ0) is 17.6. The van der Waals surface area contributed by atoms with E-state index >= 15 is 0 Å². The van der Waals surface area contributed by atoms with E-state index in [1.54, 1.807) is 6.20 Å². The molecule has 0 saturated carbocycles. The Kier molecular flexibility index (Phi) is 5.42. The van der Waals surface area contributed by atoms with Gasteiger partial charge in [0.25, 0.3) is 0 Å². The highest BCUT2D eigenvalue weighted by molar-refractivity contribution is 7.13. The molecule has 3 rings (SSSR count). The van der Waals surface area contributed by atoms with Crippen LogP contribution < -0.4 is 16.4 Å². The summed E-state index contributed by atoms with van der Waals surface area (Å²) in [6.45, 7) is 0. The average molecular weight is 372 g/mol. The molecule has 3 amide bonds. The standard InChI is InChI=1S/C17H16N4O2S2/c18-17(23)21-13(14-5-2-7-24-14)10-15(22)20-12-4-1-3-11(9-12)16-19-6-8-25-16/h1-9,13H,10H2,(H,20,22)(H3,18,21,23)/t13-/m1/s1. The molecule has 0 aliphatic heterocycles. The summed E-state index contributed by atoms with van der Waals surface area (Å²) in [5, 5.41) is 10.2. The number of hydrogen-bond donors (Lipinski definition) is 3. The highest BCUT2D eigenvalue weighted by Gasteiger charge is 2.18. The first-order chi connectivity index (χ1) is 12.1. The second kappa shape index (κ2) is 7.91. The number of urea groups is 1. The van der Waals surface area contributed by atoms with E-state index in [9.17, 15) is 9.59 Å². The van der Waals surface area contributed by atoms with Gasteiger partial charge in [0.05, 0.1) is 12.5 Å². The van der Waals surface area contributed by atoms with Gasteiger partial charge in [-0.25, -0.2) is 9.78 Å². The Morgan fingerprint density at radius 2 is 2.04 bits per heavy atom. The molecule has 0 saturated heterocycles. The summed E-state index contributed by atoms with van der Waals surface area (Å²) in [5.41, 5.74) is 6.84. The van der Waals surface area contributed by atoms with Crippen molar-refractivity contribution in [3.63, 3.8) is 0 Å². The fraction of sp³-hybridized carbons (Fsp3) is 0.118. The van der Waals surface area contributed by atoms with Crippen molar-refractivity contribution in [3.05, 3.63) is 58.2 Å². The Morgan fingerprint density at radius 1 is 1.16 bits per heavy atom. The topological polar surface area (TPSA) is 97.1 Å². The summed E-state index contributed by atoms with van der Waals surface area (Å²) in [4.78, 5) is 28.7. The van der Waals surface area contributed by atoms with Crippen molar-refractivity contribution in [3.8, 4) is 10.6 Å². The van der Waals surface area contributed by atoms with E-state index in [0.29, 0.717) is 5.69 Å². The molecule has 6 nitrogen and oxygen atoms in total. The lowest BCUT2D eigenvalue weighted by Crippen LogP contribution is -2.34. The lowest BCUT2D eigenvalue weighted by molar-refractivity contribution is -0.116. The largest absolute Gasteiger partial charge is 0.352 e. The maximum atomic E-state index is 12.4. The molecule has 0 fully saturated rings. The Morgan fingerprint density at radius 3 is 2.72 bits per heavy atom. The van der Waals surface area contributed by atoms with Crippen LogP contribution in [0.15, 0.2) is 53.4 Å². The molecule has 2 aromatic heterocycles. The van der Waals surface area contributed by atoms with Gasteiger partial charge in [-0.2, -0.15) is 0 Å². The molecule has 3 aromatic rings. The predicted molar refractivity (Wildman–Crippen MR) is 101 cm³/mol. The first-order valence-corrected chi connectivity index (χ1v) is 9.27. The van der Waals surface area contributed by atoms with Gasteiger partial charge < -0.3 is 16.4 Å². The van der Waals surface area contributed by atoms with Crippen LogP contribution in [-0.2, 0) is 4.79 Å². The van der Waals surface area contributed by atoms with E-state index in [4.69, 9.17) is 5.73 Å². The molecule has 25 heavy (non-hydrogen) atoms. The van der Waals surface area contributed by atoms with Crippen molar-refractivity contribution in [2.75, 3.05) is 5.32 Å². The second-order valence-electron chi connectivity index (χ2n) is 5.25. The third-order valence-corrected chi connectivity index (χ3v) is 5.23. The van der Waals surface area contributed by atoms with Crippen molar-refractivity contribution in [2.45, 2.75) is 12.5 Å². The number of primary amides is 1. The van der Waals surface area contributed by atoms with E-state index < -0.39 is 12.1 Å². The number of anilines is 1. The summed E-state index contributed by atoms with van der Waals surface area (Å²) in [6, 6.07) is 10.1. The van der Waals surface area contributed by atoms with Crippen LogP contribution in [0.4, 0.5) is 10.5 Å². The Hall–Kier alpha value is -2.71. The van der Waals surface area contributed by atoms with Crippen LogP contribution in [0.2, 0.25) is 0 Å². The van der Waals surface area contributed by atoms with Crippen LogP contribution >= 0.6 is 22.7 Å². The number of nitrogens with zero attached hydrogens (tertiary/aromatic N) is 1. The zero-order valence-corrected chi connectivity index (χ0v) is 14.8. The lowest BCUT2D eigenvalue weighted by atomic mass is 10.1. The van der Waals surface area contributed by atoms with E-state index in [1.165, 1.54) is 22.7 Å². The maximum Gasteiger partial charge on any atom is 0.312 e. The summed E-state index contributed by atoms with van der Waals surface area (Å²) in [7, 11) is 0. The number of carbonyl (C=O) groups is 2. The van der Waals surface area contributed by atoms with E-state index in [1.807, 2.05) is 47.2 Å². The molecule has 0 bridgehead atoms. The normalized spacial score (nSPS) is 11.7. The van der Waals surface area contributed by atoms with Crippen LogP contribution in [0.3, 0.4) is 0 Å². The number of nitrogens with two attached hydrogens (primary N) is 1. The van der Waals surface area contributed by atoms with Gasteiger partial charge in [0.15, 0.2) is 0 Å². The van der Waals surface area contributed by atoms with Crippen molar-refractivity contribution in [1.82, 2.24) is 10.3 Å². The van der Waals surface area contributed by atoms with Gasteiger partial charge >= 0.3 is 6.03 Å². The van der Waals surface area contributed by atoms with Gasteiger partial charge in [-0.3, -0.25) is 4.79 Å². The predicted octanol–water partition coefficient (Wildman–Crippen LogP) is 3.61. The fourth-order valence-electron chi connectivity index (χ4n) is 2.38. The monoisotopic (exact) mass is 372 g/mol. The third-order valence-electron chi connectivity index (χ3n) is 3.42. The van der Waals surface area contributed by atoms with Crippen LogP contribution in [0.25, 0.3) is 10.6 Å². The minimum Gasteiger partial charge on any atom is -0.352 e. The molecule has 0 aliphatic carbocycles. The molecule has 2 heterocycles. The number of thiazole rings is 1. The fourth-order valence-corrected chi connectivity index (χ4v) is 3.79. The van der Waals surface area contributed by atoms with Crippen LogP contribution in [0, 0.1) is 0 Å². The molecular formula is C17H16N4O2S2. The SMILES string of the molecule is NC(=O)N[C@H](CC(=O)Nc1cccc(-c2nccs2)c1)c1cccs1. The zero-order valence-electron chi connectivity index (χ0n) is 13.1. The highest BCUT2D eigenvalue weighted by atomic mass is 32.1. The summed E-state index contributed by atoms with van der Waals surface area (Å²) >= 11 is 3.00. The quantitative estimate of drug-likeness (QED) is 0.616. The first-order valence-electron chi connectivity index (χ1n) is 7.51. The molecule has 128 valence electrons. The van der Waals surface area contributed by atoms with Crippen LogP contribution in [0.5, 0.6) is 0 Å². The number of rotatable bonds is 6. The van der Waals surface area contributed by atoms with Crippen LogP contribution in [-0.4, -0.2) is 16.9 Å². The minimum absolute atomic E-state index is 0.102. The molecule has 0 unspecified atom stereocenters. The van der Waals surface area contributed by atoms with Gasteiger partial charge in [-0.05, 0) is 23.6 Å². The third kappa shape index (κ3) is 4.65. The maximum absolute atomic E-state index is 12.4. The molecule has 1 atom stereocenters. The Bertz CT molecular complexity index is 847. The first kappa shape index (κ1) is 17.1. The molecule has 4 N–H and O–H groups in total. The van der Waals surface area contributed by atoms with Gasteiger partial charge in [0, 0.05) is 27.7 Å². The van der Waals surface area contributed by atoms with Gasteiger partial charge in [-0.15, -0.1) is 22.7 Å². The molecule has 0 radical (unpaired) electrons. The number of aromatic nitrogens is 1. The number of benzene rings is 1. The number of hydrogen-bond acceptors (Lipinski definition) is 5. The minimum atomic E-state index is -0.656. The van der Waals surface area contributed by atoms with Crippen LogP contribution in [0.1, 0.15) is 17.3 Å². The van der Waals surface area contributed by atoms with Crippen molar-refractivity contribution in [1.29, 1.82) is 0 Å². The molecule has 1 aromatic carbocycles. The Labute approximate surface area is 152 Å². The molecule has 0 aliphatic rings. The number of carbonyl (C=O) groups excluding carboxylic acids is 2. The van der Waals surface area contributed by atoms with Gasteiger partial charge in [-0.1, -0.05) is 18.2 Å². The summed E-state index contributed by atoms with van der Waals surface area (Å²) < 4.78 is 0. The van der Waals surface area contributed by atoms with Gasteiger partial charge in [0.1, 0.15) is 5.01 Å². The second-order valence-corrected chi connectivity index (χ2v) is 7.12. The van der Waals surface area contributed by atoms with Crippen molar-refractivity contribution < 1.29 is 9.59 Å². The smallest absolute Gasteiger partial charge is 0.312 e. The summed E-state index contributed by atoms with van der Waals surface area (Å²) in [6.07, 6.45) is 1.84. The number of thiophene rings is 1. The average Bonchev–Trinajstić information content (AvgIpc) is 3.28. The van der Waals surface area contributed by atoms with E-state index in [2.05, 4.69) is 15.6 Å². The Balaban J connectivity index is 1.69. The van der Waals surface area contributed by atoms with E-state index in [-0.39, 0.29) is 12.3 Å². The van der Waals surface area contributed by atoms with Crippen molar-refractivity contribution >= 4 is 40.3 Å². The molecule has 8 heteroatoms. The highest BCUT2D eigenvalue weighted by Crippen LogP contribution is 2.26. The van der Waals surface area contributed by atoms with E-state index in [0.717, 1.165) is 15.4 Å². The number of amides is 3. The lowest BCUT2D eigenvalue weighted by Gasteiger charge is -2.16. The summed E-state index contributed by atoms with van der Waals surface area (Å²) in [5.74, 6) is -0.205. The van der Waals surface area contributed by atoms with Gasteiger partial charge in [0.2, 0.25) is 5.91 Å².